The normalized spacial score (nSPS) is 14.8. The number of morpholine rings is 1. The number of aromatic nitrogens is 4. The molecule has 0 radical (unpaired) electrons. The molecule has 25 heavy (non-hydrogen) atoms. The minimum atomic E-state index is 0.107. The van der Waals surface area contributed by atoms with Gasteiger partial charge < -0.3 is 25.8 Å². The first-order valence-corrected chi connectivity index (χ1v) is 7.95. The highest BCUT2D eigenvalue weighted by Gasteiger charge is 2.17. The lowest BCUT2D eigenvalue weighted by atomic mass is 10.2. The van der Waals surface area contributed by atoms with Gasteiger partial charge in [-0.25, -0.2) is 4.68 Å². The van der Waals surface area contributed by atoms with E-state index >= 15 is 0 Å². The van der Waals surface area contributed by atoms with E-state index in [0.29, 0.717) is 22.6 Å². The highest BCUT2D eigenvalue weighted by atomic mass is 16.5. The van der Waals surface area contributed by atoms with E-state index in [2.05, 4.69) is 20.0 Å². The summed E-state index contributed by atoms with van der Waals surface area (Å²) in [5.74, 6) is 1.10. The molecule has 1 saturated heterocycles. The van der Waals surface area contributed by atoms with Crippen LogP contribution in [0.5, 0.6) is 5.75 Å². The van der Waals surface area contributed by atoms with Crippen LogP contribution in [-0.4, -0.2) is 53.2 Å². The molecule has 3 heterocycles. The maximum Gasteiger partial charge on any atom is 0.224 e. The van der Waals surface area contributed by atoms with E-state index in [1.165, 1.54) is 0 Å². The average molecular weight is 341 g/mol. The van der Waals surface area contributed by atoms with E-state index in [4.69, 9.17) is 20.9 Å². The second kappa shape index (κ2) is 6.10. The van der Waals surface area contributed by atoms with Gasteiger partial charge in [0.1, 0.15) is 17.3 Å². The number of nitrogens with zero attached hydrogens (tertiary/aromatic N) is 5. The molecular formula is C16H19N7O2. The van der Waals surface area contributed by atoms with E-state index < -0.39 is 0 Å². The number of methoxy groups -OCH3 is 1. The maximum atomic E-state index is 5.91. The first-order valence-electron chi connectivity index (χ1n) is 7.95. The van der Waals surface area contributed by atoms with Crippen LogP contribution >= 0.6 is 0 Å². The number of hydrogen-bond donors (Lipinski definition) is 2. The lowest BCUT2D eigenvalue weighted by Gasteiger charge is -2.29. The summed E-state index contributed by atoms with van der Waals surface area (Å²) in [5.41, 5.74) is 14.0. The van der Waals surface area contributed by atoms with Gasteiger partial charge in [-0.05, 0) is 12.1 Å². The van der Waals surface area contributed by atoms with E-state index in [1.54, 1.807) is 18.0 Å². The van der Waals surface area contributed by atoms with Gasteiger partial charge in [0.25, 0.3) is 0 Å². The van der Waals surface area contributed by atoms with Crippen molar-refractivity contribution in [3.8, 4) is 11.4 Å². The van der Waals surface area contributed by atoms with Crippen molar-refractivity contribution in [1.82, 2.24) is 19.7 Å². The Kier molecular flexibility index (Phi) is 3.77. The fourth-order valence-electron chi connectivity index (χ4n) is 2.98. The zero-order chi connectivity index (χ0) is 17.4. The fourth-order valence-corrected chi connectivity index (χ4v) is 2.98. The molecule has 4 rings (SSSR count). The van der Waals surface area contributed by atoms with Crippen LogP contribution in [0, 0.1) is 0 Å². The third kappa shape index (κ3) is 2.68. The maximum absolute atomic E-state index is 5.91. The van der Waals surface area contributed by atoms with Crippen molar-refractivity contribution in [1.29, 1.82) is 0 Å². The molecule has 9 heteroatoms. The highest BCUT2D eigenvalue weighted by Crippen LogP contribution is 2.31. The molecule has 0 unspecified atom stereocenters. The van der Waals surface area contributed by atoms with Gasteiger partial charge in [-0.3, -0.25) is 0 Å². The van der Waals surface area contributed by atoms with Crippen molar-refractivity contribution in [3.05, 3.63) is 24.4 Å². The third-order valence-corrected chi connectivity index (χ3v) is 4.24. The largest absolute Gasteiger partial charge is 0.494 e. The van der Waals surface area contributed by atoms with Crippen molar-refractivity contribution in [2.45, 2.75) is 0 Å². The van der Waals surface area contributed by atoms with Crippen LogP contribution in [0.2, 0.25) is 0 Å². The Bertz CT molecular complexity index is 918. The number of benzene rings is 1. The predicted molar refractivity (Wildman–Crippen MR) is 95.1 cm³/mol. The third-order valence-electron chi connectivity index (χ3n) is 4.24. The van der Waals surface area contributed by atoms with Crippen molar-refractivity contribution in [2.75, 3.05) is 49.8 Å². The molecule has 0 amide bonds. The highest BCUT2D eigenvalue weighted by molar-refractivity contribution is 5.87. The molecule has 1 aliphatic rings. The van der Waals surface area contributed by atoms with Crippen LogP contribution in [0.25, 0.3) is 16.7 Å². The summed E-state index contributed by atoms with van der Waals surface area (Å²) in [7, 11) is 1.63. The van der Waals surface area contributed by atoms with Crippen molar-refractivity contribution in [2.24, 2.45) is 0 Å². The summed E-state index contributed by atoms with van der Waals surface area (Å²) in [5, 5.41) is 5.03. The number of ether oxygens (including phenoxy) is 2. The first-order chi connectivity index (χ1) is 12.2. The van der Waals surface area contributed by atoms with Gasteiger partial charge in [0.2, 0.25) is 5.95 Å². The Hall–Kier alpha value is -3.07. The molecule has 3 aromatic rings. The van der Waals surface area contributed by atoms with Crippen molar-refractivity contribution < 1.29 is 9.47 Å². The molecular weight excluding hydrogens is 322 g/mol. The van der Waals surface area contributed by atoms with Gasteiger partial charge >= 0.3 is 0 Å². The van der Waals surface area contributed by atoms with Gasteiger partial charge in [0.05, 0.1) is 31.9 Å². The summed E-state index contributed by atoms with van der Waals surface area (Å²) in [4.78, 5) is 10.5. The molecule has 0 atom stereocenters. The lowest BCUT2D eigenvalue weighted by Crippen LogP contribution is -2.36. The quantitative estimate of drug-likeness (QED) is 0.719. The predicted octanol–water partition coefficient (Wildman–Crippen LogP) is 0.825. The molecule has 9 nitrogen and oxygen atoms in total. The van der Waals surface area contributed by atoms with Gasteiger partial charge in [0, 0.05) is 24.8 Å². The Morgan fingerprint density at radius 3 is 2.72 bits per heavy atom. The Morgan fingerprint density at radius 2 is 1.96 bits per heavy atom. The molecule has 1 aromatic carbocycles. The Balaban J connectivity index is 1.80. The van der Waals surface area contributed by atoms with Crippen LogP contribution in [0.15, 0.2) is 24.4 Å². The number of rotatable bonds is 3. The average Bonchev–Trinajstić information content (AvgIpc) is 3.06. The van der Waals surface area contributed by atoms with Crippen molar-refractivity contribution in [3.63, 3.8) is 0 Å². The molecule has 1 aliphatic heterocycles. The van der Waals surface area contributed by atoms with Gasteiger partial charge in [-0.2, -0.15) is 15.1 Å². The SMILES string of the molecule is COc1cc(N2CCOCC2)ccc1-n1ncc2c(N)nc(N)nc21. The second-order valence-electron chi connectivity index (χ2n) is 5.72. The molecule has 0 bridgehead atoms. The van der Waals surface area contributed by atoms with E-state index in [-0.39, 0.29) is 5.95 Å². The monoisotopic (exact) mass is 341 g/mol. The zero-order valence-corrected chi connectivity index (χ0v) is 13.8. The topological polar surface area (TPSA) is 117 Å². The van der Waals surface area contributed by atoms with Crippen LogP contribution in [0.4, 0.5) is 17.5 Å². The molecule has 130 valence electrons. The molecule has 2 aromatic heterocycles. The van der Waals surface area contributed by atoms with Crippen LogP contribution in [0.3, 0.4) is 0 Å². The second-order valence-corrected chi connectivity index (χ2v) is 5.72. The first kappa shape index (κ1) is 15.5. The summed E-state index contributed by atoms with van der Waals surface area (Å²) in [6.07, 6.45) is 1.62. The summed E-state index contributed by atoms with van der Waals surface area (Å²) >= 11 is 0. The van der Waals surface area contributed by atoms with E-state index in [1.807, 2.05) is 18.2 Å². The lowest BCUT2D eigenvalue weighted by molar-refractivity contribution is 0.122. The van der Waals surface area contributed by atoms with Gasteiger partial charge in [-0.15, -0.1) is 0 Å². The Morgan fingerprint density at radius 1 is 1.16 bits per heavy atom. The summed E-state index contributed by atoms with van der Waals surface area (Å²) in [6.45, 7) is 3.16. The van der Waals surface area contributed by atoms with Crippen LogP contribution in [0.1, 0.15) is 0 Å². The van der Waals surface area contributed by atoms with Crippen LogP contribution in [-0.2, 0) is 4.74 Å². The number of hydrogen-bond acceptors (Lipinski definition) is 8. The van der Waals surface area contributed by atoms with E-state index in [9.17, 15) is 0 Å². The fraction of sp³-hybridized carbons (Fsp3) is 0.312. The summed E-state index contributed by atoms with van der Waals surface area (Å²) < 4.78 is 12.6. The molecule has 0 aliphatic carbocycles. The molecule has 0 spiro atoms. The number of anilines is 3. The molecule has 4 N–H and O–H groups in total. The number of nitrogens with two attached hydrogens (primary N) is 2. The number of nitrogen functional groups attached to an aromatic ring is 2. The van der Waals surface area contributed by atoms with Crippen molar-refractivity contribution >= 4 is 28.5 Å². The van der Waals surface area contributed by atoms with E-state index in [0.717, 1.165) is 37.7 Å². The standard InChI is InChI=1S/C16H19N7O2/c1-24-13-8-10(22-4-6-25-7-5-22)2-3-12(13)23-15-11(9-19-23)14(17)20-16(18)21-15/h2-3,8-9H,4-7H2,1H3,(H4,17,18,20,21). The van der Waals surface area contributed by atoms with Crippen LogP contribution < -0.4 is 21.1 Å². The smallest absolute Gasteiger partial charge is 0.224 e. The minimum absolute atomic E-state index is 0.107. The van der Waals surface area contributed by atoms with Gasteiger partial charge in [-0.1, -0.05) is 0 Å². The summed E-state index contributed by atoms with van der Waals surface area (Å²) in [6, 6.07) is 5.97. The molecule has 0 saturated carbocycles. The molecule has 1 fully saturated rings. The Labute approximate surface area is 144 Å². The number of fused-ring (bicyclic) bond motifs is 1. The van der Waals surface area contributed by atoms with Gasteiger partial charge in [0.15, 0.2) is 5.65 Å². The minimum Gasteiger partial charge on any atom is -0.494 e. The zero-order valence-electron chi connectivity index (χ0n) is 13.8.